The van der Waals surface area contributed by atoms with Crippen LogP contribution in [0.5, 0.6) is 0 Å². The Morgan fingerprint density at radius 1 is 1.56 bits per heavy atom. The van der Waals surface area contributed by atoms with E-state index in [2.05, 4.69) is 0 Å². The molecular weight excluding hydrogens is 233 g/mol. The molecule has 0 amide bonds. The van der Waals surface area contributed by atoms with Crippen molar-refractivity contribution < 1.29 is 14.3 Å². The van der Waals surface area contributed by atoms with E-state index in [0.29, 0.717) is 0 Å². The molecule has 0 radical (unpaired) electrons. The lowest BCUT2D eigenvalue weighted by atomic mass is 9.61. The lowest BCUT2D eigenvalue weighted by molar-refractivity contribution is -0.148. The fourth-order valence-corrected chi connectivity index (χ4v) is 2.62. The zero-order valence-electron chi connectivity index (χ0n) is 8.41. The molecule has 0 atom stereocenters. The summed E-state index contributed by atoms with van der Waals surface area (Å²) in [6, 6.07) is 3.96. The fourth-order valence-electron chi connectivity index (χ4n) is 2.28. The molecule has 1 aromatic rings. The molecule has 1 fully saturated rings. The predicted octanol–water partition coefficient (Wildman–Crippen LogP) is 1.92. The molecule has 1 saturated carbocycles. The Kier molecular flexibility index (Phi) is 2.64. The third kappa shape index (κ3) is 1.49. The third-order valence-corrected chi connectivity index (χ3v) is 3.39. The maximum Gasteiger partial charge on any atom is 0.314 e. The highest BCUT2D eigenvalue weighted by Crippen LogP contribution is 2.46. The van der Waals surface area contributed by atoms with Crippen molar-refractivity contribution in [1.82, 2.24) is 0 Å². The number of nitrogens with two attached hydrogens (primary N) is 1. The number of aliphatic carboxylic acids is 1. The molecule has 0 spiro atoms. The van der Waals surface area contributed by atoms with Gasteiger partial charge in [-0.3, -0.25) is 4.79 Å². The average Bonchev–Trinajstić information content (AvgIpc) is 2.13. The van der Waals surface area contributed by atoms with E-state index >= 15 is 0 Å². The molecule has 3 nitrogen and oxygen atoms in total. The molecule has 0 aromatic heterocycles. The number of carboxylic acids is 1. The van der Waals surface area contributed by atoms with Crippen LogP contribution in [0.2, 0.25) is 5.02 Å². The number of carboxylic acid groups (broad SMARTS) is 1. The van der Waals surface area contributed by atoms with E-state index in [0.717, 1.165) is 0 Å². The number of halogens is 2. The molecule has 1 aromatic carbocycles. The van der Waals surface area contributed by atoms with Crippen LogP contribution < -0.4 is 5.73 Å². The molecule has 1 aliphatic carbocycles. The van der Waals surface area contributed by atoms with Gasteiger partial charge in [0, 0.05) is 16.6 Å². The van der Waals surface area contributed by atoms with Gasteiger partial charge in [-0.05, 0) is 25.0 Å². The maximum absolute atomic E-state index is 13.7. The van der Waals surface area contributed by atoms with Gasteiger partial charge in [0.2, 0.25) is 0 Å². The number of hydrogen-bond acceptors (Lipinski definition) is 2. The van der Waals surface area contributed by atoms with Crippen LogP contribution in [0.3, 0.4) is 0 Å². The zero-order chi connectivity index (χ0) is 11.9. The monoisotopic (exact) mass is 243 g/mol. The van der Waals surface area contributed by atoms with Gasteiger partial charge in [-0.1, -0.05) is 17.7 Å². The Labute approximate surface area is 97.0 Å². The topological polar surface area (TPSA) is 63.3 Å². The van der Waals surface area contributed by atoms with E-state index in [1.54, 1.807) is 0 Å². The molecule has 86 valence electrons. The highest BCUT2D eigenvalue weighted by molar-refractivity contribution is 6.31. The quantitative estimate of drug-likeness (QED) is 0.834. The van der Waals surface area contributed by atoms with Gasteiger partial charge >= 0.3 is 5.97 Å². The zero-order valence-corrected chi connectivity index (χ0v) is 9.17. The number of benzene rings is 1. The largest absolute Gasteiger partial charge is 0.481 e. The highest BCUT2D eigenvalue weighted by atomic mass is 35.5. The van der Waals surface area contributed by atoms with Crippen LogP contribution >= 0.6 is 11.6 Å². The summed E-state index contributed by atoms with van der Waals surface area (Å²) >= 11 is 5.87. The van der Waals surface area contributed by atoms with Crippen LogP contribution in [0.15, 0.2) is 18.2 Å². The molecule has 0 heterocycles. The summed E-state index contributed by atoms with van der Waals surface area (Å²) in [5.74, 6) is -1.65. The first-order valence-corrected chi connectivity index (χ1v) is 5.28. The second-order valence-corrected chi connectivity index (χ2v) is 4.56. The summed E-state index contributed by atoms with van der Waals surface area (Å²) in [5, 5.41) is 9.37. The second kappa shape index (κ2) is 3.71. The van der Waals surface area contributed by atoms with Crippen molar-refractivity contribution in [3.63, 3.8) is 0 Å². The van der Waals surface area contributed by atoms with E-state index < -0.39 is 17.2 Å². The van der Waals surface area contributed by atoms with Crippen molar-refractivity contribution in [2.45, 2.75) is 24.3 Å². The SMILES string of the molecule is NC1CC(C(=O)O)(c2c(F)cccc2Cl)C1. The number of hydrogen-bond donors (Lipinski definition) is 2. The van der Waals surface area contributed by atoms with Crippen LogP contribution in [0.4, 0.5) is 4.39 Å². The number of carbonyl (C=O) groups is 1. The smallest absolute Gasteiger partial charge is 0.314 e. The van der Waals surface area contributed by atoms with Crippen LogP contribution in [0, 0.1) is 5.82 Å². The van der Waals surface area contributed by atoms with E-state index in [1.165, 1.54) is 18.2 Å². The number of rotatable bonds is 2. The summed E-state index contributed by atoms with van der Waals surface area (Å²) in [6.07, 6.45) is 0.450. The van der Waals surface area contributed by atoms with Crippen LogP contribution in [0.1, 0.15) is 18.4 Å². The van der Waals surface area contributed by atoms with Crippen molar-refractivity contribution in [3.05, 3.63) is 34.6 Å². The third-order valence-electron chi connectivity index (χ3n) is 3.07. The minimum atomic E-state index is -1.25. The van der Waals surface area contributed by atoms with Gasteiger partial charge in [-0.2, -0.15) is 0 Å². The minimum absolute atomic E-state index is 0.0610. The van der Waals surface area contributed by atoms with Crippen LogP contribution in [-0.4, -0.2) is 17.1 Å². The van der Waals surface area contributed by atoms with Gasteiger partial charge in [-0.15, -0.1) is 0 Å². The van der Waals surface area contributed by atoms with Gasteiger partial charge in [0.05, 0.1) is 5.41 Å². The average molecular weight is 244 g/mol. The first-order valence-electron chi connectivity index (χ1n) is 4.91. The Morgan fingerprint density at radius 3 is 2.62 bits per heavy atom. The Balaban J connectivity index is 2.53. The van der Waals surface area contributed by atoms with Crippen LogP contribution in [0.25, 0.3) is 0 Å². The molecule has 0 bridgehead atoms. The lowest BCUT2D eigenvalue weighted by Gasteiger charge is -2.43. The summed E-state index contributed by atoms with van der Waals surface area (Å²) in [6.45, 7) is 0. The molecule has 5 heteroatoms. The Morgan fingerprint density at radius 2 is 2.19 bits per heavy atom. The maximum atomic E-state index is 13.7. The molecule has 0 unspecified atom stereocenters. The molecule has 0 aliphatic heterocycles. The van der Waals surface area contributed by atoms with E-state index in [9.17, 15) is 14.3 Å². The van der Waals surface area contributed by atoms with E-state index in [-0.39, 0.29) is 29.5 Å². The molecular formula is C11H11ClFNO2. The standard InChI is InChI=1S/C11H11ClFNO2/c12-7-2-1-3-8(13)9(7)11(10(15)16)4-6(14)5-11/h1-3,6H,4-5,14H2,(H,15,16). The summed E-state index contributed by atoms with van der Waals surface area (Å²) in [7, 11) is 0. The molecule has 0 saturated heterocycles. The first-order chi connectivity index (χ1) is 7.47. The second-order valence-electron chi connectivity index (χ2n) is 4.15. The van der Waals surface area contributed by atoms with Gasteiger partial charge in [0.15, 0.2) is 0 Å². The first kappa shape index (κ1) is 11.4. The van der Waals surface area contributed by atoms with Crippen LogP contribution in [-0.2, 0) is 10.2 Å². The van der Waals surface area contributed by atoms with Gasteiger partial charge in [-0.25, -0.2) is 4.39 Å². The van der Waals surface area contributed by atoms with Crippen molar-refractivity contribution in [3.8, 4) is 0 Å². The van der Waals surface area contributed by atoms with Gasteiger partial charge in [0.25, 0.3) is 0 Å². The van der Waals surface area contributed by atoms with E-state index in [1.807, 2.05) is 0 Å². The highest BCUT2D eigenvalue weighted by Gasteiger charge is 2.52. The summed E-state index contributed by atoms with van der Waals surface area (Å²) in [4.78, 5) is 11.3. The minimum Gasteiger partial charge on any atom is -0.481 e. The van der Waals surface area contributed by atoms with Gasteiger partial charge in [0.1, 0.15) is 5.82 Å². The van der Waals surface area contributed by atoms with Crippen molar-refractivity contribution in [2.75, 3.05) is 0 Å². The normalized spacial score (nSPS) is 28.6. The van der Waals surface area contributed by atoms with Crippen molar-refractivity contribution in [2.24, 2.45) is 5.73 Å². The predicted molar refractivity (Wildman–Crippen MR) is 57.9 cm³/mol. The summed E-state index contributed by atoms with van der Waals surface area (Å²) in [5.41, 5.74) is 4.41. The Bertz CT molecular complexity index is 423. The molecule has 16 heavy (non-hydrogen) atoms. The van der Waals surface area contributed by atoms with Crippen molar-refractivity contribution >= 4 is 17.6 Å². The molecule has 1 aliphatic rings. The summed E-state index contributed by atoms with van der Waals surface area (Å²) < 4.78 is 13.7. The Hall–Kier alpha value is -1.13. The molecule has 3 N–H and O–H groups in total. The lowest BCUT2D eigenvalue weighted by Crippen LogP contribution is -2.54. The fraction of sp³-hybridized carbons (Fsp3) is 0.364. The van der Waals surface area contributed by atoms with Crippen molar-refractivity contribution in [1.29, 1.82) is 0 Å². The van der Waals surface area contributed by atoms with Gasteiger partial charge < -0.3 is 10.8 Å². The molecule has 2 rings (SSSR count). The van der Waals surface area contributed by atoms with E-state index in [4.69, 9.17) is 17.3 Å².